The molecule has 26 heavy (non-hydrogen) atoms. The summed E-state index contributed by atoms with van der Waals surface area (Å²) in [6.07, 6.45) is 2.54. The van der Waals surface area contributed by atoms with Crippen molar-refractivity contribution in [3.63, 3.8) is 0 Å². The third kappa shape index (κ3) is 3.02. The van der Waals surface area contributed by atoms with E-state index in [1.807, 2.05) is 12.1 Å². The minimum Gasteiger partial charge on any atom is -0.508 e. The van der Waals surface area contributed by atoms with Gasteiger partial charge in [-0.3, -0.25) is 0 Å². The molecule has 0 atom stereocenters. The van der Waals surface area contributed by atoms with Gasteiger partial charge in [0.1, 0.15) is 22.7 Å². The van der Waals surface area contributed by atoms with E-state index < -0.39 is 0 Å². The van der Waals surface area contributed by atoms with Crippen LogP contribution in [0.5, 0.6) is 5.75 Å². The van der Waals surface area contributed by atoms with Crippen molar-refractivity contribution in [1.29, 1.82) is 0 Å². The molecule has 0 spiro atoms. The topological polar surface area (TPSA) is 58.0 Å². The first-order chi connectivity index (χ1) is 12.7. The van der Waals surface area contributed by atoms with Crippen LogP contribution in [0.25, 0.3) is 21.3 Å². The van der Waals surface area contributed by atoms with E-state index >= 15 is 0 Å². The van der Waals surface area contributed by atoms with Gasteiger partial charge in [-0.15, -0.1) is 11.3 Å². The molecule has 0 radical (unpaired) electrons. The van der Waals surface area contributed by atoms with Crippen LogP contribution in [0.4, 0.5) is 11.5 Å². The Morgan fingerprint density at radius 1 is 1.00 bits per heavy atom. The summed E-state index contributed by atoms with van der Waals surface area (Å²) in [6, 6.07) is 15.6. The van der Waals surface area contributed by atoms with E-state index in [2.05, 4.69) is 53.4 Å². The van der Waals surface area contributed by atoms with E-state index in [0.29, 0.717) is 0 Å². The molecule has 2 heterocycles. The number of phenolic OH excluding ortho intramolecular Hbond substituents is 1. The van der Waals surface area contributed by atoms with Crippen molar-refractivity contribution in [2.75, 3.05) is 5.32 Å². The molecule has 2 aromatic heterocycles. The van der Waals surface area contributed by atoms with E-state index in [-0.39, 0.29) is 5.75 Å². The average molecular weight is 361 g/mol. The molecule has 0 aliphatic carbocycles. The Morgan fingerprint density at radius 2 is 1.73 bits per heavy atom. The lowest BCUT2D eigenvalue weighted by Crippen LogP contribution is -1.95. The monoisotopic (exact) mass is 361 g/mol. The zero-order chi connectivity index (χ0) is 18.1. The molecule has 0 fully saturated rings. The molecule has 0 aliphatic heterocycles. The van der Waals surface area contributed by atoms with Crippen LogP contribution in [0.3, 0.4) is 0 Å². The molecule has 0 saturated heterocycles. The van der Waals surface area contributed by atoms with Gasteiger partial charge in [0.05, 0.1) is 5.39 Å². The fourth-order valence-electron chi connectivity index (χ4n) is 3.03. The van der Waals surface area contributed by atoms with Crippen molar-refractivity contribution < 1.29 is 5.11 Å². The van der Waals surface area contributed by atoms with Crippen LogP contribution >= 0.6 is 11.3 Å². The Hall–Kier alpha value is -2.92. The Balaban J connectivity index is 1.89. The van der Waals surface area contributed by atoms with Gasteiger partial charge in [-0.1, -0.05) is 36.8 Å². The van der Waals surface area contributed by atoms with Crippen LogP contribution in [0.15, 0.2) is 54.9 Å². The van der Waals surface area contributed by atoms with Crippen molar-refractivity contribution >= 4 is 33.1 Å². The molecule has 4 aromatic rings. The molecule has 4 rings (SSSR count). The van der Waals surface area contributed by atoms with Crippen LogP contribution < -0.4 is 5.32 Å². The number of phenols is 1. The minimum absolute atomic E-state index is 0.243. The molecular weight excluding hydrogens is 342 g/mol. The predicted octanol–water partition coefficient (Wildman–Crippen LogP) is 5.68. The third-order valence-corrected chi connectivity index (χ3v) is 5.59. The zero-order valence-corrected chi connectivity index (χ0v) is 15.5. The molecular formula is C21H19N3OS. The summed E-state index contributed by atoms with van der Waals surface area (Å²) in [5.74, 6) is 1.03. The number of fused-ring (bicyclic) bond motifs is 1. The number of aromatic hydroxyl groups is 1. The number of rotatable bonds is 4. The largest absolute Gasteiger partial charge is 0.508 e. The van der Waals surface area contributed by atoms with Gasteiger partial charge in [-0.2, -0.15) is 0 Å². The van der Waals surface area contributed by atoms with Crippen molar-refractivity contribution in [3.8, 4) is 16.9 Å². The van der Waals surface area contributed by atoms with Crippen LogP contribution in [-0.2, 0) is 6.42 Å². The fraction of sp³-hybridized carbons (Fsp3) is 0.143. The SMILES string of the molecule is CCc1sc2ncnc(Nc3ccc(O)cc3)c2c1-c1ccc(C)cc1. The number of benzene rings is 2. The predicted molar refractivity (Wildman–Crippen MR) is 108 cm³/mol. The summed E-state index contributed by atoms with van der Waals surface area (Å²) >= 11 is 1.72. The quantitative estimate of drug-likeness (QED) is 0.459. The first kappa shape index (κ1) is 16.5. The maximum absolute atomic E-state index is 9.49. The number of nitrogens with one attached hydrogen (secondary N) is 1. The van der Waals surface area contributed by atoms with Crippen LogP contribution in [0, 0.1) is 6.92 Å². The van der Waals surface area contributed by atoms with Gasteiger partial charge >= 0.3 is 0 Å². The summed E-state index contributed by atoms with van der Waals surface area (Å²) < 4.78 is 0. The molecule has 0 unspecified atom stereocenters. The van der Waals surface area contributed by atoms with E-state index in [1.54, 1.807) is 29.8 Å². The van der Waals surface area contributed by atoms with E-state index in [1.165, 1.54) is 21.6 Å². The second-order valence-electron chi connectivity index (χ2n) is 6.19. The summed E-state index contributed by atoms with van der Waals surface area (Å²) in [7, 11) is 0. The number of aromatic nitrogens is 2. The normalized spacial score (nSPS) is 11.0. The lowest BCUT2D eigenvalue weighted by atomic mass is 10.0. The Labute approximate surface area is 156 Å². The Kier molecular flexibility index (Phi) is 4.31. The lowest BCUT2D eigenvalue weighted by molar-refractivity contribution is 0.475. The van der Waals surface area contributed by atoms with Crippen molar-refractivity contribution in [2.24, 2.45) is 0 Å². The first-order valence-electron chi connectivity index (χ1n) is 8.55. The van der Waals surface area contributed by atoms with Gasteiger partial charge in [0.25, 0.3) is 0 Å². The number of hydrogen-bond acceptors (Lipinski definition) is 5. The van der Waals surface area contributed by atoms with E-state index in [9.17, 15) is 5.11 Å². The van der Waals surface area contributed by atoms with E-state index in [0.717, 1.165) is 28.1 Å². The summed E-state index contributed by atoms with van der Waals surface area (Å²) in [5.41, 5.74) is 4.50. The number of hydrogen-bond donors (Lipinski definition) is 2. The molecule has 0 amide bonds. The van der Waals surface area contributed by atoms with Crippen molar-refractivity contribution in [1.82, 2.24) is 9.97 Å². The third-order valence-electron chi connectivity index (χ3n) is 4.35. The van der Waals surface area contributed by atoms with Gasteiger partial charge in [0, 0.05) is 16.1 Å². The highest BCUT2D eigenvalue weighted by molar-refractivity contribution is 7.19. The first-order valence-corrected chi connectivity index (χ1v) is 9.37. The molecule has 5 heteroatoms. The summed E-state index contributed by atoms with van der Waals surface area (Å²) in [6.45, 7) is 4.26. The molecule has 2 aromatic carbocycles. The highest BCUT2D eigenvalue weighted by Crippen LogP contribution is 2.41. The van der Waals surface area contributed by atoms with Crippen LogP contribution in [0.2, 0.25) is 0 Å². The lowest BCUT2D eigenvalue weighted by Gasteiger charge is -2.10. The molecule has 4 nitrogen and oxygen atoms in total. The summed E-state index contributed by atoms with van der Waals surface area (Å²) in [4.78, 5) is 11.3. The fourth-order valence-corrected chi connectivity index (χ4v) is 4.13. The Bertz CT molecular complexity index is 1050. The van der Waals surface area contributed by atoms with Gasteiger partial charge < -0.3 is 10.4 Å². The van der Waals surface area contributed by atoms with Gasteiger partial charge in [0.15, 0.2) is 0 Å². The highest BCUT2D eigenvalue weighted by Gasteiger charge is 2.18. The highest BCUT2D eigenvalue weighted by atomic mass is 32.1. The zero-order valence-electron chi connectivity index (χ0n) is 14.7. The van der Waals surface area contributed by atoms with E-state index in [4.69, 9.17) is 0 Å². The summed E-state index contributed by atoms with van der Waals surface area (Å²) in [5, 5.41) is 13.9. The number of nitrogens with zero attached hydrogens (tertiary/aromatic N) is 2. The van der Waals surface area contributed by atoms with Crippen molar-refractivity contribution in [3.05, 3.63) is 65.3 Å². The number of aryl methyl sites for hydroxylation is 2. The van der Waals surface area contributed by atoms with Crippen LogP contribution in [0.1, 0.15) is 17.4 Å². The molecule has 2 N–H and O–H groups in total. The molecule has 0 aliphatic rings. The van der Waals surface area contributed by atoms with Crippen molar-refractivity contribution in [2.45, 2.75) is 20.3 Å². The molecule has 0 bridgehead atoms. The van der Waals surface area contributed by atoms with Gasteiger partial charge in [-0.05, 0) is 43.2 Å². The van der Waals surface area contributed by atoms with Gasteiger partial charge in [0.2, 0.25) is 0 Å². The second-order valence-corrected chi connectivity index (χ2v) is 7.28. The standard InChI is InChI=1S/C21H19N3OS/c1-3-17-18(14-6-4-13(2)5-7-14)19-20(22-12-23-21(19)26-17)24-15-8-10-16(25)11-9-15/h4-12,25H,3H2,1-2H3,(H,22,23,24). The Morgan fingerprint density at radius 3 is 2.42 bits per heavy atom. The number of thiophene rings is 1. The number of anilines is 2. The second kappa shape index (κ2) is 6.77. The van der Waals surface area contributed by atoms with Crippen LogP contribution in [-0.4, -0.2) is 15.1 Å². The minimum atomic E-state index is 0.243. The maximum Gasteiger partial charge on any atom is 0.143 e. The average Bonchev–Trinajstić information content (AvgIpc) is 3.04. The maximum atomic E-state index is 9.49. The molecule has 0 saturated carbocycles. The molecule has 130 valence electrons. The van der Waals surface area contributed by atoms with Gasteiger partial charge in [-0.25, -0.2) is 9.97 Å². The smallest absolute Gasteiger partial charge is 0.143 e.